The van der Waals surface area contributed by atoms with Crippen molar-refractivity contribution in [2.75, 3.05) is 0 Å². The minimum Gasteiger partial charge on any atom is -0.319 e. The molecular weight excluding hydrogens is 326 g/mol. The minimum absolute atomic E-state index is 0.152. The van der Waals surface area contributed by atoms with Gasteiger partial charge in [0.15, 0.2) is 0 Å². The predicted octanol–water partition coefficient (Wildman–Crippen LogP) is 3.18. The Bertz CT molecular complexity index is 840. The lowest BCUT2D eigenvalue weighted by Crippen LogP contribution is -2.40. The van der Waals surface area contributed by atoms with E-state index in [0.29, 0.717) is 16.1 Å². The van der Waals surface area contributed by atoms with E-state index in [4.69, 9.17) is 16.9 Å². The highest BCUT2D eigenvalue weighted by Gasteiger charge is 2.48. The first-order valence-electron chi connectivity index (χ1n) is 7.33. The summed E-state index contributed by atoms with van der Waals surface area (Å²) >= 11 is 5.88. The first-order chi connectivity index (χ1) is 11.4. The van der Waals surface area contributed by atoms with E-state index in [9.17, 15) is 9.59 Å². The summed E-state index contributed by atoms with van der Waals surface area (Å²) in [5, 5.41) is 12.1. The molecule has 24 heavy (non-hydrogen) atoms. The molecule has 2 aromatic carbocycles. The van der Waals surface area contributed by atoms with Gasteiger partial charge in [-0.25, -0.2) is 4.79 Å². The Morgan fingerprint density at radius 1 is 1.12 bits per heavy atom. The Morgan fingerprint density at radius 3 is 2.33 bits per heavy atom. The van der Waals surface area contributed by atoms with E-state index < -0.39 is 11.6 Å². The number of hydrogen-bond donors (Lipinski definition) is 1. The van der Waals surface area contributed by atoms with Gasteiger partial charge in [0, 0.05) is 5.02 Å². The van der Waals surface area contributed by atoms with Gasteiger partial charge >= 0.3 is 6.03 Å². The van der Waals surface area contributed by atoms with Crippen LogP contribution in [0.1, 0.15) is 23.6 Å². The van der Waals surface area contributed by atoms with Gasteiger partial charge in [-0.05, 0) is 42.3 Å². The molecule has 1 aliphatic heterocycles. The zero-order valence-electron chi connectivity index (χ0n) is 12.9. The molecule has 1 saturated heterocycles. The number of nitrogens with zero attached hydrogens (tertiary/aromatic N) is 2. The fraction of sp³-hybridized carbons (Fsp3) is 0.167. The highest BCUT2D eigenvalue weighted by Crippen LogP contribution is 2.30. The molecule has 0 bridgehead atoms. The number of imide groups is 1. The van der Waals surface area contributed by atoms with E-state index >= 15 is 0 Å². The maximum atomic E-state index is 12.8. The van der Waals surface area contributed by atoms with Gasteiger partial charge in [0.05, 0.1) is 18.2 Å². The molecular formula is C18H14ClN3O2. The standard InChI is InChI=1S/C18H14ClN3O2/c1-18(14-6-8-15(19)9-7-14)16(23)22(17(24)21-18)11-13-4-2-12(10-20)3-5-13/h2-9H,11H2,1H3,(H,21,24)/t18-/m1/s1. The summed E-state index contributed by atoms with van der Waals surface area (Å²) in [6, 6.07) is 15.2. The van der Waals surface area contributed by atoms with E-state index in [-0.39, 0.29) is 12.5 Å². The number of carbonyl (C=O) groups excluding carboxylic acids is 2. The van der Waals surface area contributed by atoms with Crippen molar-refractivity contribution in [3.05, 3.63) is 70.2 Å². The number of rotatable bonds is 3. The Labute approximate surface area is 144 Å². The second-order valence-corrected chi connectivity index (χ2v) is 6.20. The number of benzene rings is 2. The summed E-state index contributed by atoms with van der Waals surface area (Å²) in [5.74, 6) is -0.320. The average Bonchev–Trinajstić information content (AvgIpc) is 2.80. The minimum atomic E-state index is -1.12. The molecule has 0 unspecified atom stereocenters. The van der Waals surface area contributed by atoms with Crippen molar-refractivity contribution in [1.82, 2.24) is 10.2 Å². The van der Waals surface area contributed by atoms with Gasteiger partial charge < -0.3 is 5.32 Å². The summed E-state index contributed by atoms with van der Waals surface area (Å²) < 4.78 is 0. The van der Waals surface area contributed by atoms with Gasteiger partial charge in [-0.15, -0.1) is 0 Å². The third-order valence-electron chi connectivity index (χ3n) is 4.12. The number of urea groups is 1. The van der Waals surface area contributed by atoms with Crippen LogP contribution in [0.2, 0.25) is 5.02 Å². The maximum Gasteiger partial charge on any atom is 0.325 e. The Hall–Kier alpha value is -2.84. The first-order valence-corrected chi connectivity index (χ1v) is 7.71. The molecule has 3 amide bonds. The molecule has 3 rings (SSSR count). The van der Waals surface area contributed by atoms with Crippen molar-refractivity contribution in [2.24, 2.45) is 0 Å². The fourth-order valence-electron chi connectivity index (χ4n) is 2.69. The first kappa shape index (κ1) is 16.0. The van der Waals surface area contributed by atoms with E-state index in [2.05, 4.69) is 5.32 Å². The SMILES string of the molecule is C[C@]1(c2ccc(Cl)cc2)NC(=O)N(Cc2ccc(C#N)cc2)C1=O. The predicted molar refractivity (Wildman–Crippen MR) is 89.0 cm³/mol. The molecule has 0 radical (unpaired) electrons. The van der Waals surface area contributed by atoms with Crippen molar-refractivity contribution in [2.45, 2.75) is 19.0 Å². The van der Waals surface area contributed by atoms with Crippen LogP contribution in [0.3, 0.4) is 0 Å². The summed E-state index contributed by atoms with van der Waals surface area (Å²) in [5.41, 5.74) is 0.862. The largest absolute Gasteiger partial charge is 0.325 e. The topological polar surface area (TPSA) is 73.2 Å². The molecule has 0 aromatic heterocycles. The van der Waals surface area contributed by atoms with Crippen molar-refractivity contribution in [3.8, 4) is 6.07 Å². The number of nitriles is 1. The summed E-state index contributed by atoms with van der Waals surface area (Å²) in [6.07, 6.45) is 0. The summed E-state index contributed by atoms with van der Waals surface area (Å²) in [7, 11) is 0. The molecule has 1 aliphatic rings. The quantitative estimate of drug-likeness (QED) is 0.873. The van der Waals surface area contributed by atoms with Crippen molar-refractivity contribution in [3.63, 3.8) is 0 Å². The molecule has 2 aromatic rings. The fourth-order valence-corrected chi connectivity index (χ4v) is 2.81. The monoisotopic (exact) mass is 339 g/mol. The molecule has 0 aliphatic carbocycles. The van der Waals surface area contributed by atoms with Crippen LogP contribution >= 0.6 is 11.6 Å². The van der Waals surface area contributed by atoms with E-state index in [1.807, 2.05) is 6.07 Å². The maximum absolute atomic E-state index is 12.8. The van der Waals surface area contributed by atoms with Crippen LogP contribution < -0.4 is 5.32 Å². The summed E-state index contributed by atoms with van der Waals surface area (Å²) in [6.45, 7) is 1.83. The van der Waals surface area contributed by atoms with Crippen LogP contribution in [0, 0.1) is 11.3 Å². The van der Waals surface area contributed by atoms with Crippen LogP contribution in [-0.2, 0) is 16.9 Å². The van der Waals surface area contributed by atoms with Crippen molar-refractivity contribution in [1.29, 1.82) is 5.26 Å². The zero-order valence-corrected chi connectivity index (χ0v) is 13.7. The van der Waals surface area contributed by atoms with Gasteiger partial charge in [0.2, 0.25) is 0 Å². The molecule has 1 fully saturated rings. The van der Waals surface area contributed by atoms with Gasteiger partial charge in [0.1, 0.15) is 5.54 Å². The molecule has 0 saturated carbocycles. The normalized spacial score (nSPS) is 20.0. The molecule has 0 spiro atoms. The van der Waals surface area contributed by atoms with Crippen LogP contribution in [-0.4, -0.2) is 16.8 Å². The number of amides is 3. The number of carbonyl (C=O) groups is 2. The highest BCUT2D eigenvalue weighted by molar-refractivity contribution is 6.30. The molecule has 120 valence electrons. The van der Waals surface area contributed by atoms with Crippen molar-refractivity contribution >= 4 is 23.5 Å². The molecule has 1 heterocycles. The molecule has 1 N–H and O–H groups in total. The second kappa shape index (κ2) is 5.99. The van der Waals surface area contributed by atoms with Gasteiger partial charge in [-0.3, -0.25) is 9.69 Å². The molecule has 6 heteroatoms. The lowest BCUT2D eigenvalue weighted by molar-refractivity contribution is -0.131. The van der Waals surface area contributed by atoms with Crippen LogP contribution in [0.4, 0.5) is 4.79 Å². The lowest BCUT2D eigenvalue weighted by Gasteiger charge is -2.22. The third-order valence-corrected chi connectivity index (χ3v) is 4.37. The Kier molecular flexibility index (Phi) is 4.00. The van der Waals surface area contributed by atoms with Crippen LogP contribution in [0.5, 0.6) is 0 Å². The van der Waals surface area contributed by atoms with Gasteiger partial charge in [0.25, 0.3) is 5.91 Å². The Balaban J connectivity index is 1.85. The van der Waals surface area contributed by atoms with E-state index in [0.717, 1.165) is 5.56 Å². The second-order valence-electron chi connectivity index (χ2n) is 5.76. The number of hydrogen-bond acceptors (Lipinski definition) is 3. The van der Waals surface area contributed by atoms with E-state index in [1.165, 1.54) is 4.90 Å². The van der Waals surface area contributed by atoms with E-state index in [1.54, 1.807) is 55.5 Å². The third kappa shape index (κ3) is 2.72. The van der Waals surface area contributed by atoms with Crippen LogP contribution in [0.15, 0.2) is 48.5 Å². The molecule has 5 nitrogen and oxygen atoms in total. The number of nitrogens with one attached hydrogen (secondary N) is 1. The number of halogens is 1. The lowest BCUT2D eigenvalue weighted by atomic mass is 9.92. The van der Waals surface area contributed by atoms with Gasteiger partial charge in [-0.1, -0.05) is 35.9 Å². The van der Waals surface area contributed by atoms with Gasteiger partial charge in [-0.2, -0.15) is 5.26 Å². The van der Waals surface area contributed by atoms with Crippen LogP contribution in [0.25, 0.3) is 0 Å². The highest BCUT2D eigenvalue weighted by atomic mass is 35.5. The zero-order chi connectivity index (χ0) is 17.3. The summed E-state index contributed by atoms with van der Waals surface area (Å²) in [4.78, 5) is 26.3. The Morgan fingerprint density at radius 2 is 1.75 bits per heavy atom. The molecule has 1 atom stereocenters. The smallest absolute Gasteiger partial charge is 0.319 e. The van der Waals surface area contributed by atoms with Crippen molar-refractivity contribution < 1.29 is 9.59 Å². The average molecular weight is 340 g/mol.